The van der Waals surface area contributed by atoms with E-state index in [0.29, 0.717) is 18.9 Å². The summed E-state index contributed by atoms with van der Waals surface area (Å²) in [5, 5.41) is 8.77. The monoisotopic (exact) mass is 432 g/mol. The lowest BCUT2D eigenvalue weighted by atomic mass is 9.81. The fourth-order valence-corrected chi connectivity index (χ4v) is 5.16. The highest BCUT2D eigenvalue weighted by Gasteiger charge is 2.42. The number of nitrogens with one attached hydrogen (secondary N) is 3. The minimum atomic E-state index is -4.15. The van der Waals surface area contributed by atoms with Crippen LogP contribution in [0.5, 0.6) is 0 Å². The van der Waals surface area contributed by atoms with Gasteiger partial charge in [0.2, 0.25) is 11.8 Å². The summed E-state index contributed by atoms with van der Waals surface area (Å²) in [7, 11) is 0. The molecule has 6 nitrogen and oxygen atoms in total. The Morgan fingerprint density at radius 3 is 2.33 bits per heavy atom. The average Bonchev–Trinajstić information content (AvgIpc) is 2.76. The van der Waals surface area contributed by atoms with Crippen molar-refractivity contribution in [1.82, 2.24) is 20.9 Å². The zero-order valence-electron chi connectivity index (χ0n) is 17.6. The highest BCUT2D eigenvalue weighted by molar-refractivity contribution is 5.85. The molecule has 1 saturated heterocycles. The Hall–Kier alpha value is -1.35. The third-order valence-electron chi connectivity index (χ3n) is 6.99. The Morgan fingerprint density at radius 1 is 0.967 bits per heavy atom. The number of carbonyl (C=O) groups excluding carboxylic acids is 2. The van der Waals surface area contributed by atoms with Crippen LogP contribution in [0.3, 0.4) is 0 Å². The number of halogens is 3. The van der Waals surface area contributed by atoms with Crippen molar-refractivity contribution in [3.05, 3.63) is 0 Å². The van der Waals surface area contributed by atoms with Crippen LogP contribution in [0.15, 0.2) is 0 Å². The molecule has 3 N–H and O–H groups in total. The predicted molar refractivity (Wildman–Crippen MR) is 108 cm³/mol. The van der Waals surface area contributed by atoms with Crippen molar-refractivity contribution in [3.63, 3.8) is 0 Å². The standard InChI is InChI=1S/C21H35F3N4O2/c22-21(23,24)17-3-1-2-15(12-17)13-26-19(29)14-27-20(30)16-4-6-18(7-5-16)28-10-8-25-9-11-28/h15-18,25H,1-14H2,(H,26,29)(H,27,30). The molecule has 1 heterocycles. The maximum absolute atomic E-state index is 12.9. The minimum Gasteiger partial charge on any atom is -0.354 e. The second-order valence-electron chi connectivity index (χ2n) is 9.08. The molecule has 0 bridgehead atoms. The smallest absolute Gasteiger partial charge is 0.354 e. The van der Waals surface area contributed by atoms with Gasteiger partial charge in [-0.2, -0.15) is 13.2 Å². The molecule has 3 rings (SSSR count). The predicted octanol–water partition coefficient (Wildman–Crippen LogP) is 2.05. The summed E-state index contributed by atoms with van der Waals surface area (Å²) < 4.78 is 38.7. The molecule has 3 aliphatic rings. The minimum absolute atomic E-state index is 0.0529. The lowest BCUT2D eigenvalue weighted by Gasteiger charge is -2.38. The molecule has 2 amide bonds. The first kappa shape index (κ1) is 23.3. The van der Waals surface area contributed by atoms with Crippen molar-refractivity contribution in [2.45, 2.75) is 63.6 Å². The van der Waals surface area contributed by atoms with Gasteiger partial charge in [0.25, 0.3) is 0 Å². The number of hydrogen-bond acceptors (Lipinski definition) is 4. The van der Waals surface area contributed by atoms with Crippen molar-refractivity contribution < 1.29 is 22.8 Å². The van der Waals surface area contributed by atoms with E-state index in [1.54, 1.807) is 0 Å². The van der Waals surface area contributed by atoms with E-state index in [0.717, 1.165) is 51.9 Å². The summed E-state index contributed by atoms with van der Waals surface area (Å²) in [5.74, 6) is -1.87. The third-order valence-corrected chi connectivity index (χ3v) is 6.99. The van der Waals surface area contributed by atoms with Gasteiger partial charge in [-0.15, -0.1) is 0 Å². The fourth-order valence-electron chi connectivity index (χ4n) is 5.16. The van der Waals surface area contributed by atoms with E-state index in [2.05, 4.69) is 20.9 Å². The van der Waals surface area contributed by atoms with Crippen LogP contribution in [0, 0.1) is 17.8 Å². The molecule has 2 unspecified atom stereocenters. The summed E-state index contributed by atoms with van der Waals surface area (Å²) in [6, 6.07) is 0.551. The number of rotatable bonds is 6. The largest absolute Gasteiger partial charge is 0.391 e. The molecule has 0 radical (unpaired) electrons. The maximum Gasteiger partial charge on any atom is 0.391 e. The Balaban J connectivity index is 1.30. The van der Waals surface area contributed by atoms with Crippen LogP contribution in [-0.2, 0) is 9.59 Å². The van der Waals surface area contributed by atoms with Crippen LogP contribution in [-0.4, -0.2) is 68.2 Å². The van der Waals surface area contributed by atoms with E-state index in [4.69, 9.17) is 0 Å². The fraction of sp³-hybridized carbons (Fsp3) is 0.905. The Kier molecular flexibility index (Phi) is 8.39. The van der Waals surface area contributed by atoms with Crippen LogP contribution >= 0.6 is 0 Å². The van der Waals surface area contributed by atoms with Gasteiger partial charge in [0, 0.05) is 44.7 Å². The van der Waals surface area contributed by atoms with Gasteiger partial charge in [-0.25, -0.2) is 0 Å². The zero-order valence-corrected chi connectivity index (χ0v) is 17.6. The quantitative estimate of drug-likeness (QED) is 0.601. The summed E-state index contributed by atoms with van der Waals surface area (Å²) >= 11 is 0. The van der Waals surface area contributed by atoms with Crippen LogP contribution in [0.1, 0.15) is 51.4 Å². The molecule has 0 aromatic heterocycles. The summed E-state index contributed by atoms with van der Waals surface area (Å²) in [6.45, 7) is 4.31. The van der Waals surface area contributed by atoms with E-state index in [-0.39, 0.29) is 49.6 Å². The van der Waals surface area contributed by atoms with Gasteiger partial charge in [-0.1, -0.05) is 6.42 Å². The van der Waals surface area contributed by atoms with Gasteiger partial charge in [0.05, 0.1) is 12.5 Å². The Labute approximate surface area is 176 Å². The van der Waals surface area contributed by atoms with Gasteiger partial charge in [0.1, 0.15) is 0 Å². The molecule has 30 heavy (non-hydrogen) atoms. The number of piperazine rings is 1. The summed E-state index contributed by atoms with van der Waals surface area (Å²) in [5.41, 5.74) is 0. The lowest BCUT2D eigenvalue weighted by molar-refractivity contribution is -0.185. The van der Waals surface area contributed by atoms with E-state index < -0.39 is 12.1 Å². The molecule has 9 heteroatoms. The van der Waals surface area contributed by atoms with E-state index in [1.165, 1.54) is 0 Å². The number of alkyl halides is 3. The molecule has 172 valence electrons. The van der Waals surface area contributed by atoms with Crippen LogP contribution in [0.25, 0.3) is 0 Å². The van der Waals surface area contributed by atoms with Crippen LogP contribution < -0.4 is 16.0 Å². The first-order valence-electron chi connectivity index (χ1n) is 11.4. The van der Waals surface area contributed by atoms with Crippen molar-refractivity contribution in [3.8, 4) is 0 Å². The van der Waals surface area contributed by atoms with E-state index in [1.807, 2.05) is 0 Å². The molecule has 2 saturated carbocycles. The second kappa shape index (κ2) is 10.8. The van der Waals surface area contributed by atoms with Gasteiger partial charge < -0.3 is 16.0 Å². The lowest BCUT2D eigenvalue weighted by Crippen LogP contribution is -2.50. The molecule has 2 aliphatic carbocycles. The third kappa shape index (κ3) is 6.83. The van der Waals surface area contributed by atoms with Gasteiger partial charge in [-0.3, -0.25) is 14.5 Å². The molecule has 3 fully saturated rings. The molecule has 0 aromatic rings. The van der Waals surface area contributed by atoms with Crippen molar-refractivity contribution in [2.24, 2.45) is 17.8 Å². The Morgan fingerprint density at radius 2 is 1.67 bits per heavy atom. The molecule has 1 aliphatic heterocycles. The number of hydrogen-bond donors (Lipinski definition) is 3. The normalized spacial score (nSPS) is 31.2. The van der Waals surface area contributed by atoms with Crippen molar-refractivity contribution in [2.75, 3.05) is 39.3 Å². The van der Waals surface area contributed by atoms with Gasteiger partial charge >= 0.3 is 6.18 Å². The van der Waals surface area contributed by atoms with Crippen molar-refractivity contribution >= 4 is 11.8 Å². The SMILES string of the molecule is O=C(CNC(=O)C1CCC(N2CCNCC2)CC1)NCC1CCCC(C(F)(F)F)C1. The molecule has 0 spiro atoms. The van der Waals surface area contributed by atoms with Gasteiger partial charge in [-0.05, 0) is 50.9 Å². The van der Waals surface area contributed by atoms with Crippen LogP contribution in [0.4, 0.5) is 13.2 Å². The van der Waals surface area contributed by atoms with E-state index in [9.17, 15) is 22.8 Å². The number of amides is 2. The molecule has 0 aromatic carbocycles. The molecular weight excluding hydrogens is 397 g/mol. The van der Waals surface area contributed by atoms with Crippen LogP contribution in [0.2, 0.25) is 0 Å². The average molecular weight is 433 g/mol. The van der Waals surface area contributed by atoms with Crippen molar-refractivity contribution in [1.29, 1.82) is 0 Å². The topological polar surface area (TPSA) is 73.5 Å². The highest BCUT2D eigenvalue weighted by Crippen LogP contribution is 2.39. The first-order chi connectivity index (χ1) is 14.3. The van der Waals surface area contributed by atoms with E-state index >= 15 is 0 Å². The highest BCUT2D eigenvalue weighted by atomic mass is 19.4. The number of nitrogens with zero attached hydrogens (tertiary/aromatic N) is 1. The maximum atomic E-state index is 12.9. The molecular formula is C21H35F3N4O2. The Bertz CT molecular complexity index is 573. The summed E-state index contributed by atoms with van der Waals surface area (Å²) in [6.07, 6.45) is 1.03. The zero-order chi connectivity index (χ0) is 21.6. The molecule has 2 atom stereocenters. The first-order valence-corrected chi connectivity index (χ1v) is 11.4. The van der Waals surface area contributed by atoms with Gasteiger partial charge in [0.15, 0.2) is 0 Å². The second-order valence-corrected chi connectivity index (χ2v) is 9.08. The number of carbonyl (C=O) groups is 2. The summed E-state index contributed by atoms with van der Waals surface area (Å²) in [4.78, 5) is 27.0.